The second-order valence-electron chi connectivity index (χ2n) is 4.48. The Balaban J connectivity index is 2.13. The molecule has 0 heterocycles. The molecular weight excluding hydrogens is 347 g/mol. The maximum atomic E-state index is 11.1. The van der Waals surface area contributed by atoms with Gasteiger partial charge in [0.2, 0.25) is 10.0 Å². The van der Waals surface area contributed by atoms with Gasteiger partial charge in [-0.05, 0) is 29.8 Å². The van der Waals surface area contributed by atoms with E-state index in [-0.39, 0.29) is 15.7 Å². The SMILES string of the molecule is NS(=O)(=O)c1ccc(CN=Cc2cc(Cl)cc(Cl)c2O)cc1. The lowest BCUT2D eigenvalue weighted by atomic mass is 10.2. The summed E-state index contributed by atoms with van der Waals surface area (Å²) in [6, 6.07) is 9.02. The minimum atomic E-state index is -3.70. The van der Waals surface area contributed by atoms with E-state index in [4.69, 9.17) is 28.3 Å². The van der Waals surface area contributed by atoms with Gasteiger partial charge in [0, 0.05) is 16.8 Å². The first-order chi connectivity index (χ1) is 10.3. The zero-order chi connectivity index (χ0) is 16.3. The number of aromatic hydroxyl groups is 1. The van der Waals surface area contributed by atoms with Gasteiger partial charge in [-0.1, -0.05) is 35.3 Å². The summed E-state index contributed by atoms with van der Waals surface area (Å²) in [5.41, 5.74) is 1.19. The summed E-state index contributed by atoms with van der Waals surface area (Å²) in [6.07, 6.45) is 1.45. The van der Waals surface area contributed by atoms with Crippen molar-refractivity contribution >= 4 is 39.4 Å². The second kappa shape index (κ2) is 6.66. The van der Waals surface area contributed by atoms with Crippen LogP contribution >= 0.6 is 23.2 Å². The minimum Gasteiger partial charge on any atom is -0.506 e. The molecule has 0 radical (unpaired) electrons. The molecule has 2 aromatic rings. The molecule has 0 saturated carbocycles. The van der Waals surface area contributed by atoms with Crippen LogP contribution in [0.5, 0.6) is 5.75 Å². The van der Waals surface area contributed by atoms with Gasteiger partial charge in [-0.25, -0.2) is 13.6 Å². The normalized spacial score (nSPS) is 12.0. The molecule has 0 aliphatic carbocycles. The highest BCUT2D eigenvalue weighted by atomic mass is 35.5. The number of hydrogen-bond acceptors (Lipinski definition) is 4. The second-order valence-corrected chi connectivity index (χ2v) is 6.89. The quantitative estimate of drug-likeness (QED) is 0.822. The Morgan fingerprint density at radius 3 is 2.41 bits per heavy atom. The van der Waals surface area contributed by atoms with Crippen LogP contribution in [0.1, 0.15) is 11.1 Å². The predicted octanol–water partition coefficient (Wildman–Crippen LogP) is 2.97. The van der Waals surface area contributed by atoms with Crippen molar-refractivity contribution < 1.29 is 13.5 Å². The maximum absolute atomic E-state index is 11.1. The molecule has 2 aromatic carbocycles. The molecule has 3 N–H and O–H groups in total. The van der Waals surface area contributed by atoms with Crippen molar-refractivity contribution in [3.05, 3.63) is 57.6 Å². The Kier molecular flexibility index (Phi) is 5.08. The molecular formula is C14H12Cl2N2O3S. The van der Waals surface area contributed by atoms with Gasteiger partial charge in [-0.15, -0.1) is 0 Å². The summed E-state index contributed by atoms with van der Waals surface area (Å²) in [5.74, 6) is -0.0978. The Hall–Kier alpha value is -1.60. The van der Waals surface area contributed by atoms with Crippen LogP contribution in [0.4, 0.5) is 0 Å². The van der Waals surface area contributed by atoms with E-state index in [9.17, 15) is 13.5 Å². The number of hydrogen-bond donors (Lipinski definition) is 2. The number of phenols is 1. The third-order valence-electron chi connectivity index (χ3n) is 2.81. The molecule has 0 amide bonds. The molecule has 0 fully saturated rings. The summed E-state index contributed by atoms with van der Waals surface area (Å²) in [4.78, 5) is 4.20. The van der Waals surface area contributed by atoms with Crippen LogP contribution in [0.3, 0.4) is 0 Å². The smallest absolute Gasteiger partial charge is 0.238 e. The lowest BCUT2D eigenvalue weighted by molar-refractivity contribution is 0.474. The van der Waals surface area contributed by atoms with Crippen molar-refractivity contribution in [2.45, 2.75) is 11.4 Å². The van der Waals surface area contributed by atoms with E-state index in [1.807, 2.05) is 0 Å². The molecule has 0 aromatic heterocycles. The predicted molar refractivity (Wildman–Crippen MR) is 87.2 cm³/mol. The fraction of sp³-hybridized carbons (Fsp3) is 0.0714. The third kappa shape index (κ3) is 4.20. The number of nitrogens with two attached hydrogens (primary N) is 1. The molecule has 2 rings (SSSR count). The van der Waals surface area contributed by atoms with Gasteiger partial charge in [0.05, 0.1) is 16.5 Å². The molecule has 0 saturated heterocycles. The molecule has 5 nitrogen and oxygen atoms in total. The summed E-state index contributed by atoms with van der Waals surface area (Å²) in [6.45, 7) is 0.300. The van der Waals surface area contributed by atoms with Crippen molar-refractivity contribution in [1.29, 1.82) is 0 Å². The lowest BCUT2D eigenvalue weighted by Crippen LogP contribution is -2.11. The van der Waals surface area contributed by atoms with Gasteiger partial charge in [-0.2, -0.15) is 0 Å². The van der Waals surface area contributed by atoms with Crippen LogP contribution in [-0.4, -0.2) is 19.7 Å². The summed E-state index contributed by atoms with van der Waals surface area (Å²) >= 11 is 11.7. The van der Waals surface area contributed by atoms with Gasteiger partial charge in [0.1, 0.15) is 5.75 Å². The first-order valence-corrected chi connectivity index (χ1v) is 8.37. The Morgan fingerprint density at radius 2 is 1.82 bits per heavy atom. The number of rotatable bonds is 4. The van der Waals surface area contributed by atoms with Crippen molar-refractivity contribution in [2.24, 2.45) is 10.1 Å². The fourth-order valence-electron chi connectivity index (χ4n) is 1.72. The first kappa shape index (κ1) is 16.8. The molecule has 0 unspecified atom stereocenters. The monoisotopic (exact) mass is 358 g/mol. The van der Waals surface area contributed by atoms with Crippen molar-refractivity contribution in [3.63, 3.8) is 0 Å². The van der Waals surface area contributed by atoms with E-state index < -0.39 is 10.0 Å². The number of nitrogens with zero attached hydrogens (tertiary/aromatic N) is 1. The van der Waals surface area contributed by atoms with Crippen molar-refractivity contribution in [1.82, 2.24) is 0 Å². The van der Waals surface area contributed by atoms with Crippen LogP contribution in [0, 0.1) is 0 Å². The Morgan fingerprint density at radius 1 is 1.18 bits per heavy atom. The highest BCUT2D eigenvalue weighted by molar-refractivity contribution is 7.89. The number of halogens is 2. The number of primary sulfonamides is 1. The largest absolute Gasteiger partial charge is 0.506 e. The molecule has 22 heavy (non-hydrogen) atoms. The lowest BCUT2D eigenvalue weighted by Gasteiger charge is -2.03. The number of sulfonamides is 1. The van der Waals surface area contributed by atoms with E-state index in [2.05, 4.69) is 4.99 Å². The topological polar surface area (TPSA) is 92.8 Å². The van der Waals surface area contributed by atoms with Gasteiger partial charge < -0.3 is 5.11 Å². The van der Waals surface area contributed by atoms with Gasteiger partial charge in [-0.3, -0.25) is 4.99 Å². The number of aliphatic imine (C=N–C) groups is 1. The highest BCUT2D eigenvalue weighted by Crippen LogP contribution is 2.30. The molecule has 116 valence electrons. The van der Waals surface area contributed by atoms with Crippen molar-refractivity contribution in [2.75, 3.05) is 0 Å². The van der Waals surface area contributed by atoms with E-state index in [1.54, 1.807) is 12.1 Å². The molecule has 8 heteroatoms. The van der Waals surface area contributed by atoms with E-state index >= 15 is 0 Å². The van der Waals surface area contributed by atoms with E-state index in [0.29, 0.717) is 17.1 Å². The zero-order valence-corrected chi connectivity index (χ0v) is 13.5. The number of phenolic OH excluding ortho intramolecular Hbond substituents is 1. The molecule has 0 aliphatic heterocycles. The van der Waals surface area contributed by atoms with Crippen LogP contribution in [0.2, 0.25) is 10.0 Å². The van der Waals surface area contributed by atoms with Crippen LogP contribution < -0.4 is 5.14 Å². The average Bonchev–Trinajstić information content (AvgIpc) is 2.43. The molecule has 0 aliphatic rings. The highest BCUT2D eigenvalue weighted by Gasteiger charge is 2.07. The van der Waals surface area contributed by atoms with E-state index in [1.165, 1.54) is 30.5 Å². The van der Waals surface area contributed by atoms with Gasteiger partial charge in [0.15, 0.2) is 0 Å². The van der Waals surface area contributed by atoms with Crippen LogP contribution in [0.15, 0.2) is 46.3 Å². The Bertz CT molecular complexity index is 819. The van der Waals surface area contributed by atoms with Gasteiger partial charge >= 0.3 is 0 Å². The van der Waals surface area contributed by atoms with Crippen molar-refractivity contribution in [3.8, 4) is 5.75 Å². The zero-order valence-electron chi connectivity index (χ0n) is 11.2. The standard InChI is InChI=1S/C14H12Cl2N2O3S/c15-11-5-10(14(19)13(16)6-11)8-18-7-9-1-3-12(4-2-9)22(17,20)21/h1-6,8,19H,7H2,(H2,17,20,21). The molecule has 0 spiro atoms. The van der Waals surface area contributed by atoms with Crippen LogP contribution in [0.25, 0.3) is 0 Å². The van der Waals surface area contributed by atoms with E-state index in [0.717, 1.165) is 5.56 Å². The van der Waals surface area contributed by atoms with Crippen LogP contribution in [-0.2, 0) is 16.6 Å². The molecule has 0 atom stereocenters. The minimum absolute atomic E-state index is 0.0412. The summed E-state index contributed by atoms with van der Waals surface area (Å²) in [7, 11) is -3.70. The summed E-state index contributed by atoms with van der Waals surface area (Å²) < 4.78 is 22.3. The Labute approximate surface area is 138 Å². The summed E-state index contributed by atoms with van der Waals surface area (Å²) in [5, 5.41) is 15.3. The first-order valence-electron chi connectivity index (χ1n) is 6.07. The maximum Gasteiger partial charge on any atom is 0.238 e. The van der Waals surface area contributed by atoms with Gasteiger partial charge in [0.25, 0.3) is 0 Å². The average molecular weight is 359 g/mol. The molecule has 0 bridgehead atoms. The number of benzene rings is 2. The fourth-order valence-corrected chi connectivity index (χ4v) is 2.74. The third-order valence-corrected chi connectivity index (χ3v) is 4.25.